The molecule has 0 bridgehead atoms. The summed E-state index contributed by atoms with van der Waals surface area (Å²) in [7, 11) is 1.56. The fourth-order valence-corrected chi connectivity index (χ4v) is 3.00. The maximum absolute atomic E-state index is 9.11. The Morgan fingerprint density at radius 2 is 2.07 bits per heavy atom. The number of hydrogen-bond acceptors (Lipinski definition) is 5. The number of methoxy groups -OCH3 is 1. The zero-order chi connectivity index (χ0) is 20.8. The first kappa shape index (κ1) is 20.1. The Bertz CT molecular complexity index is 1120. The highest BCUT2D eigenvalue weighted by Gasteiger charge is 2.13. The number of ether oxygens (including phenoxy) is 1. The summed E-state index contributed by atoms with van der Waals surface area (Å²) < 4.78 is 5.36. The molecule has 0 amide bonds. The smallest absolute Gasteiger partial charge is 0.138 e. The van der Waals surface area contributed by atoms with Gasteiger partial charge in [-0.25, -0.2) is 0 Å². The predicted octanol–water partition coefficient (Wildman–Crippen LogP) is 5.84. The van der Waals surface area contributed by atoms with Gasteiger partial charge in [0.05, 0.1) is 29.5 Å². The van der Waals surface area contributed by atoms with Crippen LogP contribution >= 0.6 is 11.6 Å². The predicted molar refractivity (Wildman–Crippen MR) is 118 cm³/mol. The van der Waals surface area contributed by atoms with Gasteiger partial charge in [0, 0.05) is 40.6 Å². The van der Waals surface area contributed by atoms with E-state index in [0.29, 0.717) is 27.7 Å². The van der Waals surface area contributed by atoms with Gasteiger partial charge in [0.25, 0.3) is 0 Å². The van der Waals surface area contributed by atoms with E-state index in [-0.39, 0.29) is 0 Å². The lowest BCUT2D eigenvalue weighted by molar-refractivity contribution is 0.415. The van der Waals surface area contributed by atoms with Crippen LogP contribution in [0.5, 0.6) is 5.75 Å². The first-order valence-corrected chi connectivity index (χ1v) is 9.19. The third-order valence-electron chi connectivity index (χ3n) is 4.25. The summed E-state index contributed by atoms with van der Waals surface area (Å²) in [6.45, 7) is 6.06. The van der Waals surface area contributed by atoms with Crippen molar-refractivity contribution in [3.63, 3.8) is 0 Å². The van der Waals surface area contributed by atoms with Gasteiger partial charge in [-0.3, -0.25) is 9.98 Å². The Hall–Kier alpha value is -3.62. The minimum absolute atomic E-state index is 0.452. The van der Waals surface area contributed by atoms with Crippen molar-refractivity contribution >= 4 is 34.4 Å². The molecule has 0 saturated carbocycles. The molecular weight excluding hydrogens is 384 g/mol. The molecular formula is C23H19ClN4O. The third-order valence-corrected chi connectivity index (χ3v) is 4.54. The third kappa shape index (κ3) is 4.81. The molecule has 0 atom stereocenters. The van der Waals surface area contributed by atoms with Crippen molar-refractivity contribution < 1.29 is 4.74 Å². The molecule has 1 aromatic heterocycles. The summed E-state index contributed by atoms with van der Waals surface area (Å²) in [5.74, 6) is 0.522. The van der Waals surface area contributed by atoms with Gasteiger partial charge in [0.1, 0.15) is 5.75 Å². The molecule has 0 radical (unpaired) electrons. The van der Waals surface area contributed by atoms with Gasteiger partial charge in [-0.05, 0) is 43.3 Å². The molecule has 0 saturated heterocycles. The lowest BCUT2D eigenvalue weighted by Crippen LogP contribution is -2.01. The fraction of sp³-hybridized carbons (Fsp3) is 0.0870. The molecule has 1 N–H and O–H groups in total. The van der Waals surface area contributed by atoms with Crippen LogP contribution in [0.4, 0.5) is 11.4 Å². The number of nitrogens with zero attached hydrogens (tertiary/aromatic N) is 3. The van der Waals surface area contributed by atoms with Crippen LogP contribution in [0, 0.1) is 11.3 Å². The van der Waals surface area contributed by atoms with Gasteiger partial charge < -0.3 is 10.1 Å². The van der Waals surface area contributed by atoms with E-state index in [9.17, 15) is 0 Å². The number of anilines is 1. The van der Waals surface area contributed by atoms with Crippen molar-refractivity contribution in [2.75, 3.05) is 12.4 Å². The van der Waals surface area contributed by atoms with E-state index in [1.807, 2.05) is 31.2 Å². The largest absolute Gasteiger partial charge is 0.495 e. The van der Waals surface area contributed by atoms with E-state index >= 15 is 0 Å². The number of rotatable bonds is 6. The van der Waals surface area contributed by atoms with Crippen molar-refractivity contribution in [1.29, 1.82) is 5.26 Å². The number of pyridine rings is 1. The molecule has 29 heavy (non-hydrogen) atoms. The molecule has 144 valence electrons. The normalized spacial score (nSPS) is 10.9. The van der Waals surface area contributed by atoms with Crippen LogP contribution in [0.1, 0.15) is 23.6 Å². The first-order chi connectivity index (χ1) is 14.0. The molecule has 3 rings (SSSR count). The molecule has 0 spiro atoms. The second-order valence-electron chi connectivity index (χ2n) is 6.24. The van der Waals surface area contributed by atoms with Crippen LogP contribution in [0.2, 0.25) is 5.02 Å². The molecule has 5 nitrogen and oxygen atoms in total. The Labute approximate surface area is 175 Å². The van der Waals surface area contributed by atoms with E-state index in [1.165, 1.54) is 0 Å². The van der Waals surface area contributed by atoms with Gasteiger partial charge in [-0.1, -0.05) is 30.3 Å². The summed E-state index contributed by atoms with van der Waals surface area (Å²) in [5.41, 5.74) is 4.99. The molecule has 6 heteroatoms. The zero-order valence-corrected chi connectivity index (χ0v) is 16.9. The lowest BCUT2D eigenvalue weighted by Gasteiger charge is -2.15. The summed E-state index contributed by atoms with van der Waals surface area (Å²) in [4.78, 5) is 8.88. The molecule has 1 heterocycles. The highest BCUT2D eigenvalue weighted by molar-refractivity contribution is 6.32. The summed E-state index contributed by atoms with van der Waals surface area (Å²) in [5, 5.41) is 12.8. The maximum Gasteiger partial charge on any atom is 0.138 e. The Balaban J connectivity index is 2.02. The second-order valence-corrected chi connectivity index (χ2v) is 6.65. The Morgan fingerprint density at radius 3 is 2.76 bits per heavy atom. The number of aromatic nitrogens is 1. The number of halogens is 1. The van der Waals surface area contributed by atoms with Crippen LogP contribution < -0.4 is 10.1 Å². The molecule has 3 aromatic rings. The van der Waals surface area contributed by atoms with Crippen LogP contribution in [0.25, 0.3) is 5.70 Å². The van der Waals surface area contributed by atoms with Crippen molar-refractivity contribution in [2.24, 2.45) is 4.99 Å². The summed E-state index contributed by atoms with van der Waals surface area (Å²) in [6.07, 6.45) is 3.47. The average Bonchev–Trinajstić information content (AvgIpc) is 2.74. The number of benzene rings is 2. The summed E-state index contributed by atoms with van der Waals surface area (Å²) in [6, 6.07) is 16.6. The van der Waals surface area contributed by atoms with Crippen LogP contribution in [-0.4, -0.2) is 17.8 Å². The van der Waals surface area contributed by atoms with Crippen molar-refractivity contribution in [3.05, 3.63) is 89.2 Å². The summed E-state index contributed by atoms with van der Waals surface area (Å²) >= 11 is 6.34. The minimum atomic E-state index is 0.452. The topological polar surface area (TPSA) is 70.3 Å². The number of hydrogen-bond donors (Lipinski definition) is 1. The van der Waals surface area contributed by atoms with Crippen molar-refractivity contribution in [3.8, 4) is 11.8 Å². The molecule has 0 aliphatic heterocycles. The molecule has 2 aromatic carbocycles. The van der Waals surface area contributed by atoms with Gasteiger partial charge >= 0.3 is 0 Å². The number of nitrogens with one attached hydrogen (secondary N) is 1. The highest BCUT2D eigenvalue weighted by Crippen LogP contribution is 2.36. The standard InChI is InChI=1S/C23H19ClN4O/c1-15(18-7-5-9-26-14-18)28-22-12-21(24)23(29-3)11-20(22)16(2)27-19-8-4-6-17(10-19)13-25/h4-12,14,27H,2H2,1,3H3. The van der Waals surface area contributed by atoms with Gasteiger partial charge in [-0.15, -0.1) is 0 Å². The first-order valence-electron chi connectivity index (χ1n) is 8.81. The SMILES string of the molecule is C=C(Nc1cccc(C#N)c1)c1cc(OC)c(Cl)cc1N=C(C)c1cccnc1. The van der Waals surface area contributed by atoms with E-state index in [2.05, 4.69) is 22.9 Å². The monoisotopic (exact) mass is 402 g/mol. The Morgan fingerprint density at radius 1 is 1.24 bits per heavy atom. The molecule has 0 fully saturated rings. The minimum Gasteiger partial charge on any atom is -0.495 e. The van der Waals surface area contributed by atoms with Crippen LogP contribution in [0.15, 0.2) is 72.5 Å². The average molecular weight is 403 g/mol. The van der Waals surface area contributed by atoms with E-state index < -0.39 is 0 Å². The molecule has 0 unspecified atom stereocenters. The fourth-order valence-electron chi connectivity index (χ4n) is 2.76. The number of aliphatic imine (C=N–C) groups is 1. The van der Waals surface area contributed by atoms with Crippen molar-refractivity contribution in [1.82, 2.24) is 4.98 Å². The van der Waals surface area contributed by atoms with Gasteiger partial charge in [0.2, 0.25) is 0 Å². The Kier molecular flexibility index (Phi) is 6.28. The van der Waals surface area contributed by atoms with Gasteiger partial charge in [-0.2, -0.15) is 5.26 Å². The van der Waals surface area contributed by atoms with Crippen LogP contribution in [0.3, 0.4) is 0 Å². The lowest BCUT2D eigenvalue weighted by atomic mass is 10.1. The van der Waals surface area contributed by atoms with Crippen LogP contribution in [-0.2, 0) is 0 Å². The van der Waals surface area contributed by atoms with E-state index in [1.54, 1.807) is 43.8 Å². The molecule has 0 aliphatic carbocycles. The van der Waals surface area contributed by atoms with Gasteiger partial charge in [0.15, 0.2) is 0 Å². The quantitative estimate of drug-likeness (QED) is 0.526. The van der Waals surface area contributed by atoms with Crippen molar-refractivity contribution in [2.45, 2.75) is 6.92 Å². The van der Waals surface area contributed by atoms with E-state index in [4.69, 9.17) is 26.6 Å². The highest BCUT2D eigenvalue weighted by atomic mass is 35.5. The maximum atomic E-state index is 9.11. The zero-order valence-electron chi connectivity index (χ0n) is 16.1. The van der Waals surface area contributed by atoms with E-state index in [0.717, 1.165) is 22.5 Å². The molecule has 0 aliphatic rings. The second kappa shape index (κ2) is 9.05. The number of nitriles is 1.